The van der Waals surface area contributed by atoms with Crippen molar-refractivity contribution in [3.05, 3.63) is 36.7 Å². The fraction of sp³-hybridized carbons (Fsp3) is 0.154. The van der Waals surface area contributed by atoms with Crippen LogP contribution in [-0.2, 0) is 0 Å². The minimum atomic E-state index is 0.176. The van der Waals surface area contributed by atoms with Gasteiger partial charge in [0.05, 0.1) is 20.4 Å². The Bertz CT molecular complexity index is 526. The van der Waals surface area contributed by atoms with E-state index in [0.717, 1.165) is 5.56 Å². The Morgan fingerprint density at radius 2 is 1.88 bits per heavy atom. The van der Waals surface area contributed by atoms with Gasteiger partial charge in [0, 0.05) is 17.3 Å². The first kappa shape index (κ1) is 11.3. The Labute approximate surface area is 99.5 Å². The maximum absolute atomic E-state index is 9.87. The van der Waals surface area contributed by atoms with E-state index < -0.39 is 0 Å². The summed E-state index contributed by atoms with van der Waals surface area (Å²) in [6.45, 7) is 0. The monoisotopic (exact) mass is 231 g/mol. The molecule has 0 radical (unpaired) electrons. The molecule has 0 unspecified atom stereocenters. The van der Waals surface area contributed by atoms with Gasteiger partial charge in [-0.15, -0.1) is 0 Å². The maximum Gasteiger partial charge on any atom is 0.145 e. The molecule has 0 aliphatic heterocycles. The number of aromatic nitrogens is 1. The number of phenolic OH excluding ortho intramolecular Hbond substituents is 1. The normalized spacial score (nSPS) is 10.0. The zero-order chi connectivity index (χ0) is 12.3. The molecule has 4 nitrogen and oxygen atoms in total. The molecule has 0 aliphatic rings. The van der Waals surface area contributed by atoms with E-state index in [1.807, 2.05) is 0 Å². The van der Waals surface area contributed by atoms with Crippen molar-refractivity contribution in [1.29, 1.82) is 0 Å². The molecule has 1 heterocycles. The number of benzene rings is 1. The summed E-state index contributed by atoms with van der Waals surface area (Å²) in [7, 11) is 3.15. The van der Waals surface area contributed by atoms with Crippen LogP contribution in [-0.4, -0.2) is 24.3 Å². The molecule has 0 bridgehead atoms. The SMILES string of the molecule is COc1ccc(O)c(-c2ccncc2OC)c1. The zero-order valence-electron chi connectivity index (χ0n) is 9.68. The standard InChI is InChI=1S/C13H13NO3/c1-16-9-3-4-12(15)11(7-9)10-5-6-14-8-13(10)17-2/h3-8,15H,1-2H3. The average Bonchev–Trinajstić information content (AvgIpc) is 2.39. The molecule has 4 heteroatoms. The molecule has 2 rings (SSSR count). The maximum atomic E-state index is 9.87. The van der Waals surface area contributed by atoms with Gasteiger partial charge < -0.3 is 14.6 Å². The summed E-state index contributed by atoms with van der Waals surface area (Å²) >= 11 is 0. The van der Waals surface area contributed by atoms with Gasteiger partial charge in [-0.3, -0.25) is 4.98 Å². The smallest absolute Gasteiger partial charge is 0.145 e. The van der Waals surface area contributed by atoms with Crippen molar-refractivity contribution < 1.29 is 14.6 Å². The molecule has 1 aromatic heterocycles. The number of ether oxygens (including phenoxy) is 2. The number of pyridine rings is 1. The van der Waals surface area contributed by atoms with Crippen LogP contribution in [0.15, 0.2) is 36.7 Å². The van der Waals surface area contributed by atoms with Gasteiger partial charge in [0.2, 0.25) is 0 Å². The second kappa shape index (κ2) is 4.74. The molecule has 0 saturated carbocycles. The number of hydrogen-bond donors (Lipinski definition) is 1. The highest BCUT2D eigenvalue weighted by Gasteiger charge is 2.10. The summed E-state index contributed by atoms with van der Waals surface area (Å²) in [4.78, 5) is 3.98. The van der Waals surface area contributed by atoms with Crippen LogP contribution in [0.4, 0.5) is 0 Å². The Balaban J connectivity index is 2.59. The summed E-state index contributed by atoms with van der Waals surface area (Å²) in [6, 6.07) is 6.83. The molecule has 0 spiro atoms. The van der Waals surface area contributed by atoms with Crippen LogP contribution in [0.25, 0.3) is 11.1 Å². The summed E-state index contributed by atoms with van der Waals surface area (Å²) in [5.74, 6) is 1.46. The van der Waals surface area contributed by atoms with Gasteiger partial charge in [-0.2, -0.15) is 0 Å². The van der Waals surface area contributed by atoms with E-state index >= 15 is 0 Å². The van der Waals surface area contributed by atoms with Gasteiger partial charge in [-0.25, -0.2) is 0 Å². The lowest BCUT2D eigenvalue weighted by Gasteiger charge is -2.10. The van der Waals surface area contributed by atoms with E-state index in [2.05, 4.69) is 4.98 Å². The van der Waals surface area contributed by atoms with Crippen LogP contribution >= 0.6 is 0 Å². The molecule has 1 N–H and O–H groups in total. The average molecular weight is 231 g/mol. The van der Waals surface area contributed by atoms with Crippen LogP contribution in [0.1, 0.15) is 0 Å². The van der Waals surface area contributed by atoms with Gasteiger partial charge in [0.15, 0.2) is 0 Å². The molecule has 88 valence electrons. The van der Waals surface area contributed by atoms with Crippen molar-refractivity contribution in [1.82, 2.24) is 4.98 Å². The van der Waals surface area contributed by atoms with Gasteiger partial charge in [-0.05, 0) is 24.3 Å². The predicted molar refractivity (Wildman–Crippen MR) is 64.4 cm³/mol. The number of phenols is 1. The molecule has 0 saturated heterocycles. The molecule has 1 aromatic carbocycles. The van der Waals surface area contributed by atoms with E-state index in [9.17, 15) is 5.11 Å². The van der Waals surface area contributed by atoms with E-state index in [1.165, 1.54) is 0 Å². The Kier molecular flexibility index (Phi) is 3.14. The second-order valence-corrected chi connectivity index (χ2v) is 3.46. The first-order chi connectivity index (χ1) is 8.26. The van der Waals surface area contributed by atoms with Crippen LogP contribution in [0.3, 0.4) is 0 Å². The van der Waals surface area contributed by atoms with Crippen molar-refractivity contribution in [2.75, 3.05) is 14.2 Å². The quantitative estimate of drug-likeness (QED) is 0.881. The third-order valence-corrected chi connectivity index (χ3v) is 2.50. The lowest BCUT2D eigenvalue weighted by Crippen LogP contribution is -1.90. The molecule has 2 aromatic rings. The number of aromatic hydroxyl groups is 1. The first-order valence-corrected chi connectivity index (χ1v) is 5.11. The van der Waals surface area contributed by atoms with Crippen LogP contribution in [0.2, 0.25) is 0 Å². The highest BCUT2D eigenvalue weighted by atomic mass is 16.5. The molecular formula is C13H13NO3. The highest BCUT2D eigenvalue weighted by molar-refractivity contribution is 5.76. The van der Waals surface area contributed by atoms with E-state index in [1.54, 1.807) is 50.9 Å². The third-order valence-electron chi connectivity index (χ3n) is 2.50. The highest BCUT2D eigenvalue weighted by Crippen LogP contribution is 2.37. The number of nitrogens with zero attached hydrogens (tertiary/aromatic N) is 1. The van der Waals surface area contributed by atoms with Gasteiger partial charge in [-0.1, -0.05) is 0 Å². The largest absolute Gasteiger partial charge is 0.507 e. The number of methoxy groups -OCH3 is 2. The molecule has 0 atom stereocenters. The van der Waals surface area contributed by atoms with Gasteiger partial charge in [0.25, 0.3) is 0 Å². The molecule has 0 aliphatic carbocycles. The number of hydrogen-bond acceptors (Lipinski definition) is 4. The number of rotatable bonds is 3. The van der Waals surface area contributed by atoms with E-state index in [-0.39, 0.29) is 5.75 Å². The third kappa shape index (κ3) is 2.15. The van der Waals surface area contributed by atoms with Crippen molar-refractivity contribution in [2.45, 2.75) is 0 Å². The van der Waals surface area contributed by atoms with Gasteiger partial charge >= 0.3 is 0 Å². The van der Waals surface area contributed by atoms with Crippen LogP contribution in [0, 0.1) is 0 Å². The summed E-state index contributed by atoms with van der Waals surface area (Å²) in [5, 5.41) is 9.87. The lowest BCUT2D eigenvalue weighted by atomic mass is 10.0. The first-order valence-electron chi connectivity index (χ1n) is 5.11. The predicted octanol–water partition coefficient (Wildman–Crippen LogP) is 2.47. The summed E-state index contributed by atoms with van der Waals surface area (Å²) in [5.41, 5.74) is 1.43. The molecule has 0 fully saturated rings. The summed E-state index contributed by atoms with van der Waals surface area (Å²) in [6.07, 6.45) is 3.25. The van der Waals surface area contributed by atoms with E-state index in [0.29, 0.717) is 17.1 Å². The van der Waals surface area contributed by atoms with Crippen molar-refractivity contribution >= 4 is 0 Å². The van der Waals surface area contributed by atoms with Crippen molar-refractivity contribution in [3.63, 3.8) is 0 Å². The Morgan fingerprint density at radius 3 is 2.59 bits per heavy atom. The zero-order valence-corrected chi connectivity index (χ0v) is 9.68. The molecule has 17 heavy (non-hydrogen) atoms. The fourth-order valence-electron chi connectivity index (χ4n) is 1.62. The lowest BCUT2D eigenvalue weighted by molar-refractivity contribution is 0.410. The summed E-state index contributed by atoms with van der Waals surface area (Å²) < 4.78 is 10.4. The van der Waals surface area contributed by atoms with Crippen molar-refractivity contribution in [3.8, 4) is 28.4 Å². The van der Waals surface area contributed by atoms with Gasteiger partial charge in [0.1, 0.15) is 17.2 Å². The Hall–Kier alpha value is -2.23. The Morgan fingerprint density at radius 1 is 1.06 bits per heavy atom. The van der Waals surface area contributed by atoms with Crippen LogP contribution in [0.5, 0.6) is 17.2 Å². The minimum Gasteiger partial charge on any atom is -0.507 e. The fourth-order valence-corrected chi connectivity index (χ4v) is 1.62. The van der Waals surface area contributed by atoms with E-state index in [4.69, 9.17) is 9.47 Å². The topological polar surface area (TPSA) is 51.6 Å². The second-order valence-electron chi connectivity index (χ2n) is 3.46. The molecular weight excluding hydrogens is 218 g/mol. The minimum absolute atomic E-state index is 0.176. The van der Waals surface area contributed by atoms with Crippen LogP contribution < -0.4 is 9.47 Å². The van der Waals surface area contributed by atoms with Crippen molar-refractivity contribution in [2.24, 2.45) is 0 Å². The molecule has 0 amide bonds.